The summed E-state index contributed by atoms with van der Waals surface area (Å²) < 4.78 is 6.01. The minimum absolute atomic E-state index is 0.0266. The van der Waals surface area contributed by atoms with Gasteiger partial charge in [-0.05, 0) is 64.7 Å². The molecule has 1 aliphatic carbocycles. The average molecular weight is 270 g/mol. The quantitative estimate of drug-likeness (QED) is 0.710. The van der Waals surface area contributed by atoms with Crippen molar-refractivity contribution in [1.29, 1.82) is 0 Å². The van der Waals surface area contributed by atoms with Gasteiger partial charge in [0.25, 0.3) is 0 Å². The summed E-state index contributed by atoms with van der Waals surface area (Å²) in [6.07, 6.45) is 10.8. The van der Waals surface area contributed by atoms with E-state index in [1.807, 2.05) is 0 Å². The standard InChI is InChI=1S/C10H19NO.C5H11NO/c1-2-4-9(3-1)12-10-5-7-11-8-6-10;7-5-1-3-6-4-2-5/h9-11H,1-8H2;5-7H,1-4H2. The van der Waals surface area contributed by atoms with E-state index in [-0.39, 0.29) is 6.10 Å². The number of hydrogen-bond acceptors (Lipinski definition) is 4. The first-order valence-corrected chi connectivity index (χ1v) is 8.09. The van der Waals surface area contributed by atoms with Gasteiger partial charge < -0.3 is 20.5 Å². The minimum Gasteiger partial charge on any atom is -0.393 e. The van der Waals surface area contributed by atoms with Crippen LogP contribution < -0.4 is 10.6 Å². The lowest BCUT2D eigenvalue weighted by molar-refractivity contribution is -0.0223. The first kappa shape index (κ1) is 15.2. The van der Waals surface area contributed by atoms with E-state index >= 15 is 0 Å². The van der Waals surface area contributed by atoms with Gasteiger partial charge in [-0.2, -0.15) is 0 Å². The Morgan fingerprint density at radius 1 is 0.684 bits per heavy atom. The van der Waals surface area contributed by atoms with Crippen molar-refractivity contribution in [3.05, 3.63) is 0 Å². The fourth-order valence-corrected chi connectivity index (χ4v) is 3.03. The van der Waals surface area contributed by atoms with Crippen LogP contribution in [0, 0.1) is 0 Å². The van der Waals surface area contributed by atoms with Gasteiger partial charge in [-0.25, -0.2) is 0 Å². The fraction of sp³-hybridized carbons (Fsp3) is 1.00. The minimum atomic E-state index is -0.0266. The molecular formula is C15H30N2O2. The third-order valence-electron chi connectivity index (χ3n) is 4.28. The maximum absolute atomic E-state index is 8.87. The monoisotopic (exact) mass is 270 g/mol. The number of aliphatic hydroxyl groups is 1. The fourth-order valence-electron chi connectivity index (χ4n) is 3.03. The van der Waals surface area contributed by atoms with Crippen molar-refractivity contribution >= 4 is 0 Å². The van der Waals surface area contributed by atoms with Crippen molar-refractivity contribution in [3.63, 3.8) is 0 Å². The summed E-state index contributed by atoms with van der Waals surface area (Å²) in [6, 6.07) is 0. The molecule has 2 aliphatic heterocycles. The van der Waals surface area contributed by atoms with E-state index in [4.69, 9.17) is 9.84 Å². The van der Waals surface area contributed by atoms with Crippen LogP contribution in [0.25, 0.3) is 0 Å². The zero-order valence-electron chi connectivity index (χ0n) is 12.1. The molecule has 19 heavy (non-hydrogen) atoms. The number of nitrogens with one attached hydrogen (secondary N) is 2. The number of hydrogen-bond donors (Lipinski definition) is 3. The van der Waals surface area contributed by atoms with Crippen LogP contribution in [0.1, 0.15) is 51.4 Å². The molecule has 1 saturated carbocycles. The molecule has 0 bridgehead atoms. The summed E-state index contributed by atoms with van der Waals surface area (Å²) in [5.41, 5.74) is 0. The molecule has 3 rings (SSSR count). The highest BCUT2D eigenvalue weighted by atomic mass is 16.5. The van der Waals surface area contributed by atoms with E-state index in [1.165, 1.54) is 38.5 Å². The van der Waals surface area contributed by atoms with E-state index in [0.29, 0.717) is 12.2 Å². The Kier molecular flexibility index (Phi) is 7.14. The van der Waals surface area contributed by atoms with Crippen molar-refractivity contribution in [2.75, 3.05) is 26.2 Å². The van der Waals surface area contributed by atoms with Gasteiger partial charge in [-0.3, -0.25) is 0 Å². The average Bonchev–Trinajstić information content (AvgIpc) is 2.94. The van der Waals surface area contributed by atoms with Crippen molar-refractivity contribution in [3.8, 4) is 0 Å². The highest BCUT2D eigenvalue weighted by Gasteiger charge is 2.21. The Bertz CT molecular complexity index is 220. The number of ether oxygens (including phenoxy) is 1. The van der Waals surface area contributed by atoms with E-state index in [1.54, 1.807) is 0 Å². The summed E-state index contributed by atoms with van der Waals surface area (Å²) in [7, 11) is 0. The van der Waals surface area contributed by atoms with Crippen LogP contribution in [-0.4, -0.2) is 49.6 Å². The summed E-state index contributed by atoms with van der Waals surface area (Å²) >= 11 is 0. The largest absolute Gasteiger partial charge is 0.393 e. The van der Waals surface area contributed by atoms with E-state index in [9.17, 15) is 0 Å². The van der Waals surface area contributed by atoms with Crippen LogP contribution in [0.15, 0.2) is 0 Å². The molecule has 3 N–H and O–H groups in total. The molecule has 3 aliphatic rings. The van der Waals surface area contributed by atoms with Crippen molar-refractivity contribution in [2.45, 2.75) is 69.7 Å². The molecule has 4 heteroatoms. The van der Waals surface area contributed by atoms with Crippen molar-refractivity contribution in [2.24, 2.45) is 0 Å². The van der Waals surface area contributed by atoms with Crippen molar-refractivity contribution in [1.82, 2.24) is 10.6 Å². The Morgan fingerprint density at radius 2 is 1.16 bits per heavy atom. The summed E-state index contributed by atoms with van der Waals surface area (Å²) in [6.45, 7) is 4.27. The molecule has 0 amide bonds. The molecule has 2 saturated heterocycles. The molecule has 0 atom stereocenters. The van der Waals surface area contributed by atoms with Crippen LogP contribution in [0.3, 0.4) is 0 Å². The zero-order valence-corrected chi connectivity index (χ0v) is 12.1. The summed E-state index contributed by atoms with van der Waals surface area (Å²) in [5.74, 6) is 0. The number of aliphatic hydroxyl groups excluding tert-OH is 1. The predicted molar refractivity (Wildman–Crippen MR) is 77.3 cm³/mol. The van der Waals surface area contributed by atoms with Gasteiger partial charge in [-0.15, -0.1) is 0 Å². The molecular weight excluding hydrogens is 240 g/mol. The SMILES string of the molecule is C1CCC(OC2CCNCC2)C1.OC1CCNCC1. The second-order valence-corrected chi connectivity index (χ2v) is 5.97. The van der Waals surface area contributed by atoms with Gasteiger partial charge >= 0.3 is 0 Å². The lowest BCUT2D eigenvalue weighted by Gasteiger charge is -2.26. The van der Waals surface area contributed by atoms with E-state index in [0.717, 1.165) is 39.0 Å². The molecule has 0 aromatic carbocycles. The first-order chi connectivity index (χ1) is 9.34. The normalized spacial score (nSPS) is 27.0. The van der Waals surface area contributed by atoms with Gasteiger partial charge in [0.2, 0.25) is 0 Å². The van der Waals surface area contributed by atoms with E-state index < -0.39 is 0 Å². The summed E-state index contributed by atoms with van der Waals surface area (Å²) in [4.78, 5) is 0. The van der Waals surface area contributed by atoms with E-state index in [2.05, 4.69) is 10.6 Å². The third kappa shape index (κ3) is 6.21. The molecule has 0 aromatic rings. The molecule has 112 valence electrons. The highest BCUT2D eigenvalue weighted by Crippen LogP contribution is 2.24. The first-order valence-electron chi connectivity index (χ1n) is 8.09. The predicted octanol–water partition coefficient (Wildman–Crippen LogP) is 1.43. The van der Waals surface area contributed by atoms with Crippen molar-refractivity contribution < 1.29 is 9.84 Å². The number of rotatable bonds is 2. The van der Waals surface area contributed by atoms with Crippen LogP contribution in [-0.2, 0) is 4.74 Å². The maximum Gasteiger partial charge on any atom is 0.0603 e. The van der Waals surface area contributed by atoms with Crippen LogP contribution >= 0.6 is 0 Å². The van der Waals surface area contributed by atoms with Gasteiger partial charge in [-0.1, -0.05) is 12.8 Å². The highest BCUT2D eigenvalue weighted by molar-refractivity contribution is 4.73. The topological polar surface area (TPSA) is 53.5 Å². The smallest absolute Gasteiger partial charge is 0.0603 e. The zero-order chi connectivity index (χ0) is 13.3. The lowest BCUT2D eigenvalue weighted by Crippen LogP contribution is -2.34. The lowest BCUT2D eigenvalue weighted by atomic mass is 10.1. The Labute approximate surface area is 117 Å². The summed E-state index contributed by atoms with van der Waals surface area (Å²) in [5, 5.41) is 15.4. The molecule has 0 spiro atoms. The van der Waals surface area contributed by atoms with Gasteiger partial charge in [0.05, 0.1) is 18.3 Å². The van der Waals surface area contributed by atoms with Crippen LogP contribution in [0.4, 0.5) is 0 Å². The molecule has 0 unspecified atom stereocenters. The Hall–Kier alpha value is -0.160. The molecule has 0 radical (unpaired) electrons. The van der Waals surface area contributed by atoms with Gasteiger partial charge in [0.1, 0.15) is 0 Å². The third-order valence-corrected chi connectivity index (χ3v) is 4.28. The Balaban J connectivity index is 0.000000163. The number of piperidine rings is 2. The van der Waals surface area contributed by atoms with Crippen LogP contribution in [0.5, 0.6) is 0 Å². The second kappa shape index (κ2) is 8.90. The second-order valence-electron chi connectivity index (χ2n) is 5.97. The molecule has 2 heterocycles. The molecule has 3 fully saturated rings. The Morgan fingerprint density at radius 3 is 1.63 bits per heavy atom. The maximum atomic E-state index is 8.87. The van der Waals surface area contributed by atoms with Gasteiger partial charge in [0.15, 0.2) is 0 Å². The van der Waals surface area contributed by atoms with Gasteiger partial charge in [0, 0.05) is 0 Å². The molecule has 4 nitrogen and oxygen atoms in total. The van der Waals surface area contributed by atoms with Crippen LogP contribution in [0.2, 0.25) is 0 Å². The molecule has 0 aromatic heterocycles.